The molecule has 22 heavy (non-hydrogen) atoms. The van der Waals surface area contributed by atoms with Crippen LogP contribution in [0.25, 0.3) is 0 Å². The zero-order chi connectivity index (χ0) is 16.1. The largest absolute Gasteiger partial charge is 0.507 e. The Bertz CT molecular complexity index is 762. The number of aromatic hydroxyl groups is 1. The number of nitro benzene ring substituents is 1. The van der Waals surface area contributed by atoms with Crippen LogP contribution in [0.3, 0.4) is 0 Å². The highest BCUT2D eigenvalue weighted by Crippen LogP contribution is 2.21. The second kappa shape index (κ2) is 6.44. The zero-order valence-corrected chi connectivity index (χ0v) is 11.1. The summed E-state index contributed by atoms with van der Waals surface area (Å²) in [6.07, 6.45) is 1.03. The fourth-order valence-corrected chi connectivity index (χ4v) is 1.62. The van der Waals surface area contributed by atoms with Gasteiger partial charge in [0.2, 0.25) is 0 Å². The Morgan fingerprint density at radius 2 is 2.05 bits per heavy atom. The van der Waals surface area contributed by atoms with Gasteiger partial charge >= 0.3 is 0 Å². The number of carbonyl (C=O) groups excluding carboxylic acids is 1. The van der Waals surface area contributed by atoms with Crippen molar-refractivity contribution in [2.45, 2.75) is 0 Å². The first-order valence-electron chi connectivity index (χ1n) is 6.04. The van der Waals surface area contributed by atoms with Crippen LogP contribution in [0, 0.1) is 15.9 Å². The van der Waals surface area contributed by atoms with Crippen LogP contribution in [0.15, 0.2) is 47.6 Å². The van der Waals surface area contributed by atoms with Crippen LogP contribution in [0.5, 0.6) is 5.75 Å². The van der Waals surface area contributed by atoms with E-state index in [0.29, 0.717) is 0 Å². The lowest BCUT2D eigenvalue weighted by Gasteiger charge is -2.01. The van der Waals surface area contributed by atoms with Crippen molar-refractivity contribution < 1.29 is 19.2 Å². The fraction of sp³-hybridized carbons (Fsp3) is 0. The average molecular weight is 303 g/mol. The molecule has 0 aliphatic heterocycles. The molecule has 2 N–H and O–H groups in total. The van der Waals surface area contributed by atoms with Crippen molar-refractivity contribution in [2.24, 2.45) is 5.10 Å². The van der Waals surface area contributed by atoms with Crippen molar-refractivity contribution in [3.8, 4) is 5.75 Å². The number of hydrogen-bond donors (Lipinski definition) is 2. The van der Waals surface area contributed by atoms with Crippen molar-refractivity contribution in [3.63, 3.8) is 0 Å². The summed E-state index contributed by atoms with van der Waals surface area (Å²) >= 11 is 0. The Morgan fingerprint density at radius 3 is 2.73 bits per heavy atom. The molecule has 112 valence electrons. The molecule has 0 heterocycles. The fourth-order valence-electron chi connectivity index (χ4n) is 1.62. The lowest BCUT2D eigenvalue weighted by atomic mass is 10.2. The van der Waals surface area contributed by atoms with E-state index in [0.717, 1.165) is 30.5 Å². The Hall–Kier alpha value is -3.29. The van der Waals surface area contributed by atoms with Gasteiger partial charge in [0.15, 0.2) is 0 Å². The summed E-state index contributed by atoms with van der Waals surface area (Å²) in [5.41, 5.74) is 1.69. The first kappa shape index (κ1) is 15.1. The molecule has 2 aromatic carbocycles. The van der Waals surface area contributed by atoms with Gasteiger partial charge in [-0.2, -0.15) is 5.10 Å². The Labute approximate surface area is 123 Å². The van der Waals surface area contributed by atoms with Gasteiger partial charge in [-0.05, 0) is 18.2 Å². The van der Waals surface area contributed by atoms with Crippen LogP contribution in [0.2, 0.25) is 0 Å². The maximum atomic E-state index is 13.4. The smallest absolute Gasteiger partial charge is 0.274 e. The number of nitrogens with one attached hydrogen (secondary N) is 1. The van der Waals surface area contributed by atoms with Gasteiger partial charge in [0.1, 0.15) is 11.6 Å². The monoisotopic (exact) mass is 303 g/mol. The van der Waals surface area contributed by atoms with E-state index in [1.54, 1.807) is 0 Å². The summed E-state index contributed by atoms with van der Waals surface area (Å²) in [7, 11) is 0. The highest BCUT2D eigenvalue weighted by molar-refractivity contribution is 5.95. The molecule has 0 aromatic heterocycles. The first-order chi connectivity index (χ1) is 10.5. The molecule has 2 rings (SSSR count). The molecule has 7 nitrogen and oxygen atoms in total. The maximum absolute atomic E-state index is 13.4. The minimum absolute atomic E-state index is 0.0445. The third-order valence-electron chi connectivity index (χ3n) is 2.71. The Balaban J connectivity index is 2.13. The number of nitro groups is 1. The van der Waals surface area contributed by atoms with Gasteiger partial charge in [-0.1, -0.05) is 12.1 Å². The summed E-state index contributed by atoms with van der Waals surface area (Å²) in [4.78, 5) is 21.7. The van der Waals surface area contributed by atoms with E-state index in [2.05, 4.69) is 10.5 Å². The Kier molecular flexibility index (Phi) is 4.42. The molecular weight excluding hydrogens is 293 g/mol. The zero-order valence-electron chi connectivity index (χ0n) is 11.1. The molecule has 0 fully saturated rings. The van der Waals surface area contributed by atoms with Gasteiger partial charge < -0.3 is 5.11 Å². The summed E-state index contributed by atoms with van der Waals surface area (Å²) < 4.78 is 13.4. The van der Waals surface area contributed by atoms with Crippen molar-refractivity contribution in [2.75, 3.05) is 0 Å². The molecule has 0 radical (unpaired) electrons. The number of hydrogen-bond acceptors (Lipinski definition) is 5. The third kappa shape index (κ3) is 3.42. The molecule has 0 aliphatic carbocycles. The van der Waals surface area contributed by atoms with Crippen molar-refractivity contribution in [1.29, 1.82) is 0 Å². The highest BCUT2D eigenvalue weighted by Gasteiger charge is 2.11. The molecule has 0 unspecified atom stereocenters. The van der Waals surface area contributed by atoms with E-state index in [-0.39, 0.29) is 22.6 Å². The molecule has 0 saturated heterocycles. The topological polar surface area (TPSA) is 105 Å². The number of carbonyl (C=O) groups is 1. The summed E-state index contributed by atoms with van der Waals surface area (Å²) in [5.74, 6) is -1.72. The predicted molar refractivity (Wildman–Crippen MR) is 76.2 cm³/mol. The van der Waals surface area contributed by atoms with Crippen LogP contribution in [-0.2, 0) is 0 Å². The number of benzene rings is 2. The second-order valence-corrected chi connectivity index (χ2v) is 4.18. The van der Waals surface area contributed by atoms with E-state index in [9.17, 15) is 24.4 Å². The quantitative estimate of drug-likeness (QED) is 0.513. The molecule has 0 bridgehead atoms. The van der Waals surface area contributed by atoms with Crippen LogP contribution >= 0.6 is 0 Å². The number of halogens is 1. The predicted octanol–water partition coefficient (Wildman–Crippen LogP) is 2.20. The van der Waals surface area contributed by atoms with E-state index in [1.165, 1.54) is 18.2 Å². The Morgan fingerprint density at radius 1 is 1.32 bits per heavy atom. The van der Waals surface area contributed by atoms with Crippen LogP contribution < -0.4 is 5.43 Å². The van der Waals surface area contributed by atoms with E-state index >= 15 is 0 Å². The van der Waals surface area contributed by atoms with Gasteiger partial charge in [-0.25, -0.2) is 9.82 Å². The molecular formula is C14H10FN3O4. The summed E-state index contributed by atoms with van der Waals surface area (Å²) in [6.45, 7) is 0. The number of nitrogens with zero attached hydrogens (tertiary/aromatic N) is 2. The molecule has 0 saturated carbocycles. The summed E-state index contributed by atoms with van der Waals surface area (Å²) in [5, 5.41) is 23.7. The minimum Gasteiger partial charge on any atom is -0.507 e. The summed E-state index contributed by atoms with van der Waals surface area (Å²) in [6, 6.07) is 8.71. The van der Waals surface area contributed by atoms with Crippen LogP contribution in [0.4, 0.5) is 10.1 Å². The van der Waals surface area contributed by atoms with Gasteiger partial charge in [-0.15, -0.1) is 0 Å². The van der Waals surface area contributed by atoms with Gasteiger partial charge in [0.05, 0.1) is 16.7 Å². The molecule has 0 spiro atoms. The van der Waals surface area contributed by atoms with Gasteiger partial charge in [0.25, 0.3) is 11.6 Å². The molecule has 0 aliphatic rings. The van der Waals surface area contributed by atoms with Crippen molar-refractivity contribution >= 4 is 17.8 Å². The van der Waals surface area contributed by atoms with Gasteiger partial charge in [-0.3, -0.25) is 14.9 Å². The SMILES string of the molecule is O=C(NN=Cc1cc([N+](=O)[O-])ccc1O)c1ccccc1F. The molecule has 2 aromatic rings. The molecule has 0 atom stereocenters. The normalized spacial score (nSPS) is 10.6. The number of phenolic OH excluding ortho intramolecular Hbond substituents is 1. The lowest BCUT2D eigenvalue weighted by Crippen LogP contribution is -2.18. The van der Waals surface area contributed by atoms with Crippen molar-refractivity contribution in [3.05, 3.63) is 69.5 Å². The average Bonchev–Trinajstić information content (AvgIpc) is 2.49. The number of amides is 1. The number of phenols is 1. The number of hydrazone groups is 1. The minimum atomic E-state index is -0.778. The standard InChI is InChI=1S/C14H10FN3O4/c15-12-4-2-1-3-11(12)14(20)17-16-8-9-7-10(18(21)22)5-6-13(9)19/h1-8,19H,(H,17,20). The highest BCUT2D eigenvalue weighted by atomic mass is 19.1. The van der Waals surface area contributed by atoms with Crippen LogP contribution in [0.1, 0.15) is 15.9 Å². The maximum Gasteiger partial charge on any atom is 0.274 e. The molecule has 8 heteroatoms. The van der Waals surface area contributed by atoms with Gasteiger partial charge in [0, 0.05) is 17.7 Å². The number of rotatable bonds is 4. The molecule has 1 amide bonds. The number of non-ortho nitro benzene ring substituents is 1. The van der Waals surface area contributed by atoms with Crippen LogP contribution in [-0.4, -0.2) is 22.2 Å². The van der Waals surface area contributed by atoms with Crippen molar-refractivity contribution in [1.82, 2.24) is 5.43 Å². The third-order valence-corrected chi connectivity index (χ3v) is 2.71. The second-order valence-electron chi connectivity index (χ2n) is 4.18. The van der Waals surface area contributed by atoms with E-state index in [1.807, 2.05) is 0 Å². The van der Waals surface area contributed by atoms with E-state index < -0.39 is 16.6 Å². The lowest BCUT2D eigenvalue weighted by molar-refractivity contribution is -0.384. The van der Waals surface area contributed by atoms with E-state index in [4.69, 9.17) is 0 Å². The first-order valence-corrected chi connectivity index (χ1v) is 6.04.